The number of alkyl halides is 3. The van der Waals surface area contributed by atoms with Crippen LogP contribution >= 0.6 is 11.3 Å². The number of nitrogens with zero attached hydrogens (tertiary/aromatic N) is 2. The van der Waals surface area contributed by atoms with E-state index >= 15 is 0 Å². The van der Waals surface area contributed by atoms with Crippen molar-refractivity contribution in [3.63, 3.8) is 0 Å². The quantitative estimate of drug-likeness (QED) is 0.793. The molecule has 134 valence electrons. The Morgan fingerprint density at radius 3 is 2.38 bits per heavy atom. The molecule has 3 amide bonds. The first-order valence-electron chi connectivity index (χ1n) is 6.95. The van der Waals surface area contributed by atoms with Crippen LogP contribution in [0.1, 0.15) is 16.8 Å². The minimum absolute atomic E-state index is 0.113. The lowest BCUT2D eigenvalue weighted by molar-refractivity contribution is -0.164. The summed E-state index contributed by atoms with van der Waals surface area (Å²) >= 11 is 1.33. The van der Waals surface area contributed by atoms with Crippen molar-refractivity contribution in [1.82, 2.24) is 15.1 Å². The molecule has 1 rings (SSSR count). The zero-order valence-electron chi connectivity index (χ0n) is 13.2. The van der Waals surface area contributed by atoms with Crippen LogP contribution in [0.4, 0.5) is 13.2 Å². The van der Waals surface area contributed by atoms with E-state index < -0.39 is 37.0 Å². The fraction of sp³-hybridized carbons (Fsp3) is 0.500. The molecular weight excluding hydrogens is 347 g/mol. The third-order valence-corrected chi connectivity index (χ3v) is 3.64. The summed E-state index contributed by atoms with van der Waals surface area (Å²) in [6, 6.07) is 1.59. The summed E-state index contributed by atoms with van der Waals surface area (Å²) in [5.74, 6) is -1.88. The topological polar surface area (TPSA) is 69.7 Å². The zero-order chi connectivity index (χ0) is 18.3. The Morgan fingerprint density at radius 2 is 1.88 bits per heavy atom. The Morgan fingerprint density at radius 1 is 1.21 bits per heavy atom. The highest BCUT2D eigenvalue weighted by Gasteiger charge is 2.34. The summed E-state index contributed by atoms with van der Waals surface area (Å²) in [4.78, 5) is 36.8. The average molecular weight is 365 g/mol. The van der Waals surface area contributed by atoms with E-state index in [1.807, 2.05) is 0 Å². The Bertz CT molecular complexity index is 574. The first-order valence-corrected chi connectivity index (χ1v) is 7.89. The predicted molar refractivity (Wildman–Crippen MR) is 82.6 cm³/mol. The van der Waals surface area contributed by atoms with Gasteiger partial charge in [-0.3, -0.25) is 14.4 Å². The summed E-state index contributed by atoms with van der Waals surface area (Å²) in [5, 5.41) is 5.77. The minimum Gasteiger partial charge on any atom is -0.351 e. The number of thiophene rings is 1. The molecule has 1 aromatic rings. The van der Waals surface area contributed by atoms with E-state index in [1.54, 1.807) is 16.8 Å². The molecule has 0 unspecified atom stereocenters. The van der Waals surface area contributed by atoms with E-state index in [0.717, 1.165) is 4.90 Å². The lowest BCUT2D eigenvalue weighted by Crippen LogP contribution is -2.45. The summed E-state index contributed by atoms with van der Waals surface area (Å²) in [7, 11) is 2.78. The van der Waals surface area contributed by atoms with Crippen molar-refractivity contribution < 1.29 is 27.6 Å². The SMILES string of the molecule is CN(C)C(=O)CN(CC(F)(F)F)C(=O)CCNC(=O)c1ccsc1. The van der Waals surface area contributed by atoms with Gasteiger partial charge in [0, 0.05) is 38.0 Å². The van der Waals surface area contributed by atoms with Gasteiger partial charge in [0.15, 0.2) is 0 Å². The second-order valence-electron chi connectivity index (χ2n) is 5.17. The monoisotopic (exact) mass is 365 g/mol. The van der Waals surface area contributed by atoms with E-state index in [4.69, 9.17) is 0 Å². The summed E-state index contributed by atoms with van der Waals surface area (Å²) in [5.41, 5.74) is 0.419. The number of hydrogen-bond donors (Lipinski definition) is 1. The summed E-state index contributed by atoms with van der Waals surface area (Å²) in [6.45, 7) is -2.29. The predicted octanol–water partition coefficient (Wildman–Crippen LogP) is 1.35. The van der Waals surface area contributed by atoms with Crippen LogP contribution in [0, 0.1) is 0 Å². The van der Waals surface area contributed by atoms with E-state index in [1.165, 1.54) is 25.4 Å². The molecule has 0 saturated carbocycles. The van der Waals surface area contributed by atoms with Crippen molar-refractivity contribution in [1.29, 1.82) is 0 Å². The maximum absolute atomic E-state index is 12.6. The molecule has 0 spiro atoms. The van der Waals surface area contributed by atoms with Gasteiger partial charge < -0.3 is 15.1 Å². The molecule has 0 saturated heterocycles. The van der Waals surface area contributed by atoms with Crippen LogP contribution in [0.25, 0.3) is 0 Å². The van der Waals surface area contributed by atoms with Crippen molar-refractivity contribution >= 4 is 29.1 Å². The van der Waals surface area contributed by atoms with Crippen molar-refractivity contribution in [3.8, 4) is 0 Å². The maximum Gasteiger partial charge on any atom is 0.406 e. The Labute approximate surface area is 141 Å². The second-order valence-corrected chi connectivity index (χ2v) is 5.95. The van der Waals surface area contributed by atoms with Crippen LogP contribution in [0.5, 0.6) is 0 Å². The maximum atomic E-state index is 12.6. The summed E-state index contributed by atoms with van der Waals surface area (Å²) < 4.78 is 37.7. The van der Waals surface area contributed by atoms with Gasteiger partial charge in [-0.2, -0.15) is 24.5 Å². The van der Waals surface area contributed by atoms with Gasteiger partial charge in [0.2, 0.25) is 11.8 Å². The smallest absolute Gasteiger partial charge is 0.351 e. The van der Waals surface area contributed by atoms with Crippen LogP contribution in [0.3, 0.4) is 0 Å². The largest absolute Gasteiger partial charge is 0.406 e. The highest BCUT2D eigenvalue weighted by molar-refractivity contribution is 7.08. The third kappa shape index (κ3) is 6.99. The first kappa shape index (κ1) is 19.9. The number of rotatable bonds is 7. The number of halogens is 3. The molecule has 6 nitrogen and oxygen atoms in total. The molecule has 0 aromatic carbocycles. The standard InChI is InChI=1S/C14H18F3N3O3S/c1-19(2)12(22)7-20(9-14(15,16)17)11(21)3-5-18-13(23)10-4-6-24-8-10/h4,6,8H,3,5,7,9H2,1-2H3,(H,18,23). The Hall–Kier alpha value is -2.10. The molecule has 0 bridgehead atoms. The van der Waals surface area contributed by atoms with Gasteiger partial charge in [-0.15, -0.1) is 0 Å². The second kappa shape index (κ2) is 8.67. The van der Waals surface area contributed by atoms with Crippen molar-refractivity contribution in [2.75, 3.05) is 33.7 Å². The zero-order valence-corrected chi connectivity index (χ0v) is 14.0. The highest BCUT2D eigenvalue weighted by atomic mass is 32.1. The summed E-state index contributed by atoms with van der Waals surface area (Å²) in [6.07, 6.45) is -4.94. The number of amides is 3. The van der Waals surface area contributed by atoms with Crippen molar-refractivity contribution in [2.45, 2.75) is 12.6 Å². The van der Waals surface area contributed by atoms with E-state index in [-0.39, 0.29) is 13.0 Å². The lowest BCUT2D eigenvalue weighted by atomic mass is 10.3. The molecular formula is C14H18F3N3O3S. The van der Waals surface area contributed by atoms with Gasteiger partial charge in [0.25, 0.3) is 5.91 Å². The number of nitrogens with one attached hydrogen (secondary N) is 1. The van der Waals surface area contributed by atoms with Crippen molar-refractivity contribution in [3.05, 3.63) is 22.4 Å². The highest BCUT2D eigenvalue weighted by Crippen LogP contribution is 2.17. The normalized spacial score (nSPS) is 11.0. The van der Waals surface area contributed by atoms with Gasteiger partial charge >= 0.3 is 6.18 Å². The van der Waals surface area contributed by atoms with Gasteiger partial charge in [-0.25, -0.2) is 0 Å². The van der Waals surface area contributed by atoms with Gasteiger partial charge in [0.1, 0.15) is 13.1 Å². The third-order valence-electron chi connectivity index (χ3n) is 2.96. The first-order chi connectivity index (χ1) is 11.1. The van der Waals surface area contributed by atoms with Crippen molar-refractivity contribution in [2.24, 2.45) is 0 Å². The molecule has 0 atom stereocenters. The molecule has 0 aliphatic heterocycles. The van der Waals surface area contributed by atoms with Crippen LogP contribution in [0.2, 0.25) is 0 Å². The van der Waals surface area contributed by atoms with Crippen LogP contribution < -0.4 is 5.32 Å². The number of carbonyl (C=O) groups excluding carboxylic acids is 3. The van der Waals surface area contributed by atoms with E-state index in [2.05, 4.69) is 5.32 Å². The lowest BCUT2D eigenvalue weighted by Gasteiger charge is -2.25. The molecule has 1 aromatic heterocycles. The van der Waals surface area contributed by atoms with E-state index in [0.29, 0.717) is 10.5 Å². The molecule has 24 heavy (non-hydrogen) atoms. The van der Waals surface area contributed by atoms with Gasteiger partial charge in [-0.05, 0) is 11.4 Å². The van der Waals surface area contributed by atoms with E-state index in [9.17, 15) is 27.6 Å². The Kier molecular flexibility index (Phi) is 7.20. The molecule has 1 heterocycles. The fourth-order valence-corrected chi connectivity index (χ4v) is 2.33. The molecule has 0 fully saturated rings. The van der Waals surface area contributed by atoms with Gasteiger partial charge in [0.05, 0.1) is 0 Å². The molecule has 0 aliphatic carbocycles. The molecule has 1 N–H and O–H groups in total. The van der Waals surface area contributed by atoms with Crippen LogP contribution in [0.15, 0.2) is 16.8 Å². The molecule has 10 heteroatoms. The molecule has 0 radical (unpaired) electrons. The number of carbonyl (C=O) groups is 3. The van der Waals surface area contributed by atoms with Gasteiger partial charge in [-0.1, -0.05) is 0 Å². The van der Waals surface area contributed by atoms with Crippen LogP contribution in [-0.4, -0.2) is 67.4 Å². The fourth-order valence-electron chi connectivity index (χ4n) is 1.69. The minimum atomic E-state index is -4.61. The number of hydrogen-bond acceptors (Lipinski definition) is 4. The number of likely N-dealkylation sites (N-methyl/N-ethyl adjacent to an activating group) is 1. The molecule has 0 aliphatic rings. The average Bonchev–Trinajstić information content (AvgIpc) is 2.98. The van der Waals surface area contributed by atoms with Crippen LogP contribution in [-0.2, 0) is 9.59 Å². The Balaban J connectivity index is 2.57.